The summed E-state index contributed by atoms with van der Waals surface area (Å²) in [6.45, 7) is -0.348. The first-order valence-electron chi connectivity index (χ1n) is 3.68. The standard InChI is InChI=1S/C6H12F3N5/c1-14(3-2-6(7,8)9)5(12)13-4(10)11/h2-3H2,1H3,(H5,10,11,12,13). The second-order valence-corrected chi connectivity index (χ2v) is 2.65. The van der Waals surface area contributed by atoms with Gasteiger partial charge in [0.1, 0.15) is 0 Å². The van der Waals surface area contributed by atoms with Crippen LogP contribution < -0.4 is 11.5 Å². The molecule has 0 aromatic heterocycles. The van der Waals surface area contributed by atoms with Crippen LogP contribution in [0.25, 0.3) is 0 Å². The number of alkyl halides is 3. The highest BCUT2D eigenvalue weighted by Gasteiger charge is 2.27. The third-order valence-corrected chi connectivity index (χ3v) is 1.33. The minimum absolute atomic E-state index is 0.348. The maximum Gasteiger partial charge on any atom is 0.390 e. The van der Waals surface area contributed by atoms with E-state index >= 15 is 0 Å². The average Bonchev–Trinajstić information content (AvgIpc) is 1.97. The van der Waals surface area contributed by atoms with Crippen molar-refractivity contribution in [3.05, 3.63) is 0 Å². The van der Waals surface area contributed by atoms with Crippen molar-refractivity contribution in [2.75, 3.05) is 13.6 Å². The first-order valence-corrected chi connectivity index (χ1v) is 3.68. The minimum Gasteiger partial charge on any atom is -0.370 e. The Hall–Kier alpha value is -1.47. The molecule has 8 heteroatoms. The second kappa shape index (κ2) is 4.68. The number of nitrogens with one attached hydrogen (secondary N) is 1. The number of rotatable bonds is 2. The van der Waals surface area contributed by atoms with Crippen LogP contribution in [0.15, 0.2) is 4.99 Å². The third-order valence-electron chi connectivity index (χ3n) is 1.33. The number of halogens is 3. The number of hydrogen-bond donors (Lipinski definition) is 3. The number of aliphatic imine (C=N–C) groups is 1. The van der Waals surface area contributed by atoms with E-state index in [0.717, 1.165) is 4.90 Å². The van der Waals surface area contributed by atoms with Gasteiger partial charge in [0.2, 0.25) is 5.96 Å². The molecular weight excluding hydrogens is 199 g/mol. The molecule has 0 amide bonds. The van der Waals surface area contributed by atoms with Crippen LogP contribution in [0.1, 0.15) is 6.42 Å². The van der Waals surface area contributed by atoms with E-state index in [4.69, 9.17) is 16.9 Å². The molecule has 0 saturated carbocycles. The Balaban J connectivity index is 4.04. The van der Waals surface area contributed by atoms with E-state index < -0.39 is 18.6 Å². The van der Waals surface area contributed by atoms with Crippen LogP contribution in [0.5, 0.6) is 0 Å². The number of hydrogen-bond acceptors (Lipinski definition) is 1. The quantitative estimate of drug-likeness (QED) is 0.446. The lowest BCUT2D eigenvalue weighted by molar-refractivity contribution is -0.135. The molecule has 0 saturated heterocycles. The van der Waals surface area contributed by atoms with Crippen molar-refractivity contribution in [2.24, 2.45) is 16.5 Å². The highest BCUT2D eigenvalue weighted by Crippen LogP contribution is 2.19. The van der Waals surface area contributed by atoms with Gasteiger partial charge >= 0.3 is 6.18 Å². The van der Waals surface area contributed by atoms with Gasteiger partial charge in [-0.25, -0.2) is 0 Å². The molecule has 14 heavy (non-hydrogen) atoms. The first kappa shape index (κ1) is 12.5. The van der Waals surface area contributed by atoms with E-state index in [1.165, 1.54) is 7.05 Å². The van der Waals surface area contributed by atoms with E-state index in [0.29, 0.717) is 0 Å². The molecule has 0 aliphatic rings. The van der Waals surface area contributed by atoms with Gasteiger partial charge in [-0.3, -0.25) is 5.41 Å². The van der Waals surface area contributed by atoms with E-state index in [2.05, 4.69) is 4.99 Å². The number of guanidine groups is 2. The van der Waals surface area contributed by atoms with Crippen molar-refractivity contribution in [3.8, 4) is 0 Å². The predicted octanol–water partition coefficient (Wildman–Crippen LogP) is 0.0788. The fourth-order valence-electron chi connectivity index (χ4n) is 0.608. The topological polar surface area (TPSA) is 91.5 Å². The summed E-state index contributed by atoms with van der Waals surface area (Å²) >= 11 is 0. The summed E-state index contributed by atoms with van der Waals surface area (Å²) in [4.78, 5) is 4.30. The lowest BCUT2D eigenvalue weighted by atomic mass is 10.4. The normalized spacial score (nSPS) is 10.9. The summed E-state index contributed by atoms with van der Waals surface area (Å²) in [7, 11) is 1.31. The second-order valence-electron chi connectivity index (χ2n) is 2.65. The van der Waals surface area contributed by atoms with E-state index in [-0.39, 0.29) is 12.5 Å². The van der Waals surface area contributed by atoms with Crippen molar-refractivity contribution in [1.29, 1.82) is 5.41 Å². The molecule has 0 aliphatic carbocycles. The van der Waals surface area contributed by atoms with Crippen LogP contribution in [0.3, 0.4) is 0 Å². The zero-order valence-electron chi connectivity index (χ0n) is 7.60. The Morgan fingerprint density at radius 2 is 1.93 bits per heavy atom. The van der Waals surface area contributed by atoms with Crippen molar-refractivity contribution in [3.63, 3.8) is 0 Å². The molecule has 0 spiro atoms. The summed E-state index contributed by atoms with van der Waals surface area (Å²) in [5.74, 6) is -0.747. The number of nitrogens with zero attached hydrogens (tertiary/aromatic N) is 2. The van der Waals surface area contributed by atoms with Crippen molar-refractivity contribution >= 4 is 11.9 Å². The molecule has 0 radical (unpaired) electrons. The van der Waals surface area contributed by atoms with Gasteiger partial charge in [0.05, 0.1) is 6.42 Å². The van der Waals surface area contributed by atoms with Gasteiger partial charge in [-0.1, -0.05) is 0 Å². The summed E-state index contributed by atoms with van der Waals surface area (Å²) in [5.41, 5.74) is 9.90. The Labute approximate surface area is 79.1 Å². The monoisotopic (exact) mass is 211 g/mol. The molecule has 0 rings (SSSR count). The average molecular weight is 211 g/mol. The van der Waals surface area contributed by atoms with Crippen LogP contribution in [0, 0.1) is 5.41 Å². The maximum atomic E-state index is 11.8. The van der Waals surface area contributed by atoms with Gasteiger partial charge in [0, 0.05) is 13.6 Å². The Bertz CT molecular complexity index is 230. The van der Waals surface area contributed by atoms with Crippen LogP contribution in [0.2, 0.25) is 0 Å². The van der Waals surface area contributed by atoms with Gasteiger partial charge < -0.3 is 16.4 Å². The first-order chi connectivity index (χ1) is 6.22. The Kier molecular flexibility index (Phi) is 4.19. The molecule has 0 aliphatic heterocycles. The van der Waals surface area contributed by atoms with Crippen LogP contribution in [-0.2, 0) is 0 Å². The van der Waals surface area contributed by atoms with Crippen LogP contribution >= 0.6 is 0 Å². The zero-order valence-corrected chi connectivity index (χ0v) is 7.60. The van der Waals surface area contributed by atoms with Gasteiger partial charge in [-0.15, -0.1) is 0 Å². The van der Waals surface area contributed by atoms with E-state index in [1.54, 1.807) is 0 Å². The lowest BCUT2D eigenvalue weighted by Crippen LogP contribution is -2.32. The number of nitrogens with two attached hydrogens (primary N) is 2. The largest absolute Gasteiger partial charge is 0.390 e. The Morgan fingerprint density at radius 1 is 1.43 bits per heavy atom. The summed E-state index contributed by atoms with van der Waals surface area (Å²) in [6, 6.07) is 0. The van der Waals surface area contributed by atoms with E-state index in [1.807, 2.05) is 0 Å². The zero-order chi connectivity index (χ0) is 11.4. The molecule has 0 aromatic rings. The van der Waals surface area contributed by atoms with Crippen LogP contribution in [-0.4, -0.2) is 36.6 Å². The lowest BCUT2D eigenvalue weighted by Gasteiger charge is -2.17. The molecule has 5 nitrogen and oxygen atoms in total. The minimum atomic E-state index is -4.24. The molecule has 0 fully saturated rings. The summed E-state index contributed by atoms with van der Waals surface area (Å²) < 4.78 is 35.3. The Morgan fingerprint density at radius 3 is 2.29 bits per heavy atom. The van der Waals surface area contributed by atoms with E-state index in [9.17, 15) is 13.2 Å². The van der Waals surface area contributed by atoms with Gasteiger partial charge in [0.15, 0.2) is 5.96 Å². The molecule has 0 atom stereocenters. The SMILES string of the molecule is CN(CCC(F)(F)F)C(=N)N=C(N)N. The molecule has 0 aromatic carbocycles. The van der Waals surface area contributed by atoms with Crippen LogP contribution in [0.4, 0.5) is 13.2 Å². The highest BCUT2D eigenvalue weighted by atomic mass is 19.4. The maximum absolute atomic E-state index is 11.8. The van der Waals surface area contributed by atoms with Crippen molar-refractivity contribution in [1.82, 2.24) is 4.90 Å². The van der Waals surface area contributed by atoms with Gasteiger partial charge in [-0.2, -0.15) is 18.2 Å². The molecular formula is C6H12F3N5. The summed E-state index contributed by atoms with van der Waals surface area (Å²) in [6.07, 6.45) is -5.25. The van der Waals surface area contributed by atoms with Crippen molar-refractivity contribution in [2.45, 2.75) is 12.6 Å². The smallest absolute Gasteiger partial charge is 0.370 e. The molecule has 0 unspecified atom stereocenters. The molecule has 0 bridgehead atoms. The van der Waals surface area contributed by atoms with Gasteiger partial charge in [0.25, 0.3) is 0 Å². The van der Waals surface area contributed by atoms with Crippen molar-refractivity contribution < 1.29 is 13.2 Å². The third kappa shape index (κ3) is 6.09. The predicted molar refractivity (Wildman–Crippen MR) is 46.8 cm³/mol. The highest BCUT2D eigenvalue weighted by molar-refractivity contribution is 5.91. The van der Waals surface area contributed by atoms with Gasteiger partial charge in [-0.05, 0) is 0 Å². The summed E-state index contributed by atoms with van der Waals surface area (Å²) in [5, 5.41) is 7.14. The molecule has 0 heterocycles. The molecule has 5 N–H and O–H groups in total. The fourth-order valence-corrected chi connectivity index (χ4v) is 0.608. The molecule has 82 valence electrons. The fraction of sp³-hybridized carbons (Fsp3) is 0.667.